The minimum absolute atomic E-state index is 0.143. The monoisotopic (exact) mass is 405 g/mol. The van der Waals surface area contributed by atoms with Crippen LogP contribution in [0.3, 0.4) is 0 Å². The Morgan fingerprint density at radius 1 is 1.25 bits per heavy atom. The highest BCUT2D eigenvalue weighted by atomic mass is 35.5. The zero-order valence-electron chi connectivity index (χ0n) is 17.0. The molecule has 2 fully saturated rings. The second-order valence-corrected chi connectivity index (χ2v) is 8.26. The topological polar surface area (TPSA) is 51.2 Å². The summed E-state index contributed by atoms with van der Waals surface area (Å²) < 4.78 is 0. The van der Waals surface area contributed by atoms with Crippen LogP contribution in [-0.2, 0) is 11.3 Å². The molecular weight excluding hydrogens is 374 g/mol. The van der Waals surface area contributed by atoms with E-state index in [1.54, 1.807) is 0 Å². The van der Waals surface area contributed by atoms with E-state index >= 15 is 0 Å². The average Bonchev–Trinajstić information content (AvgIpc) is 2.68. The number of guanidine groups is 1. The van der Waals surface area contributed by atoms with E-state index in [0.29, 0.717) is 25.6 Å². The quantitative estimate of drug-likeness (QED) is 0.603. The standard InChI is InChI=1S/C21H32ClN5O/c1-3-23-21(24-13-18-5-4-10-25(2)14-18)27-12-11-26(20(28)16-27)15-17-6-8-19(22)9-7-17/h6-9,18H,3-5,10-16H2,1-2H3,(H,23,24). The maximum absolute atomic E-state index is 12.7. The summed E-state index contributed by atoms with van der Waals surface area (Å²) in [6.07, 6.45) is 2.48. The number of amides is 1. The predicted octanol–water partition coefficient (Wildman–Crippen LogP) is 2.29. The number of nitrogens with one attached hydrogen (secondary N) is 1. The lowest BCUT2D eigenvalue weighted by Gasteiger charge is -2.36. The molecule has 7 heteroatoms. The predicted molar refractivity (Wildman–Crippen MR) is 115 cm³/mol. The Hall–Kier alpha value is -1.79. The van der Waals surface area contributed by atoms with Crippen molar-refractivity contribution in [3.8, 4) is 0 Å². The van der Waals surface area contributed by atoms with Gasteiger partial charge in [0.25, 0.3) is 0 Å². The molecule has 0 bridgehead atoms. The molecule has 0 aromatic heterocycles. The fourth-order valence-corrected chi connectivity index (χ4v) is 4.06. The molecule has 3 rings (SSSR count). The first kappa shape index (κ1) is 20.9. The van der Waals surface area contributed by atoms with E-state index in [9.17, 15) is 4.79 Å². The van der Waals surface area contributed by atoms with Gasteiger partial charge in [-0.2, -0.15) is 0 Å². The van der Waals surface area contributed by atoms with E-state index in [2.05, 4.69) is 29.1 Å². The molecule has 1 atom stereocenters. The molecule has 0 saturated carbocycles. The molecule has 154 valence electrons. The molecule has 0 aliphatic carbocycles. The Morgan fingerprint density at radius 3 is 2.71 bits per heavy atom. The molecule has 1 amide bonds. The minimum atomic E-state index is 0.143. The number of likely N-dealkylation sites (tertiary alicyclic amines) is 1. The lowest BCUT2D eigenvalue weighted by atomic mass is 9.99. The van der Waals surface area contributed by atoms with Gasteiger partial charge < -0.3 is 20.0 Å². The van der Waals surface area contributed by atoms with E-state index in [-0.39, 0.29) is 5.91 Å². The normalized spacial score (nSPS) is 21.9. The Balaban J connectivity index is 1.56. The highest BCUT2D eigenvalue weighted by Gasteiger charge is 2.26. The Morgan fingerprint density at radius 2 is 2.04 bits per heavy atom. The maximum Gasteiger partial charge on any atom is 0.242 e. The third kappa shape index (κ3) is 5.85. The number of aliphatic imine (C=N–C) groups is 1. The number of hydrogen-bond donors (Lipinski definition) is 1. The van der Waals surface area contributed by atoms with Crippen molar-refractivity contribution in [1.82, 2.24) is 20.0 Å². The molecule has 1 aromatic carbocycles. The number of hydrogen-bond acceptors (Lipinski definition) is 3. The minimum Gasteiger partial charge on any atom is -0.357 e. The molecule has 2 saturated heterocycles. The summed E-state index contributed by atoms with van der Waals surface area (Å²) in [6.45, 7) is 8.52. The molecule has 1 N–H and O–H groups in total. The van der Waals surface area contributed by atoms with Crippen LogP contribution in [0.15, 0.2) is 29.3 Å². The molecule has 2 aliphatic rings. The van der Waals surface area contributed by atoms with Crippen LogP contribution in [-0.4, -0.2) is 79.4 Å². The number of nitrogens with zero attached hydrogens (tertiary/aromatic N) is 4. The molecule has 0 radical (unpaired) electrons. The van der Waals surface area contributed by atoms with E-state index in [1.807, 2.05) is 29.2 Å². The number of benzene rings is 1. The van der Waals surface area contributed by atoms with Crippen LogP contribution in [0, 0.1) is 5.92 Å². The second kappa shape index (κ2) is 10.1. The van der Waals surface area contributed by atoms with Crippen molar-refractivity contribution in [2.24, 2.45) is 10.9 Å². The van der Waals surface area contributed by atoms with E-state index in [0.717, 1.165) is 42.7 Å². The van der Waals surface area contributed by atoms with Gasteiger partial charge in [-0.25, -0.2) is 0 Å². The summed E-state index contributed by atoms with van der Waals surface area (Å²) in [7, 11) is 2.18. The van der Waals surface area contributed by atoms with Crippen molar-refractivity contribution in [2.45, 2.75) is 26.3 Å². The van der Waals surface area contributed by atoms with Crippen molar-refractivity contribution < 1.29 is 4.79 Å². The summed E-state index contributed by atoms with van der Waals surface area (Å²) in [5.74, 6) is 1.62. The molecule has 2 aliphatic heterocycles. The molecule has 0 spiro atoms. The Labute approximate surface area is 173 Å². The molecule has 1 unspecified atom stereocenters. The van der Waals surface area contributed by atoms with Crippen LogP contribution in [0.4, 0.5) is 0 Å². The largest absolute Gasteiger partial charge is 0.357 e. The van der Waals surface area contributed by atoms with Crippen LogP contribution < -0.4 is 5.32 Å². The van der Waals surface area contributed by atoms with Crippen molar-refractivity contribution >= 4 is 23.5 Å². The molecular formula is C21H32ClN5O. The smallest absolute Gasteiger partial charge is 0.242 e. The van der Waals surface area contributed by atoms with Gasteiger partial charge in [-0.05, 0) is 57.0 Å². The van der Waals surface area contributed by atoms with Crippen molar-refractivity contribution in [3.63, 3.8) is 0 Å². The number of carbonyl (C=O) groups is 1. The van der Waals surface area contributed by atoms with Gasteiger partial charge in [-0.3, -0.25) is 9.79 Å². The molecule has 28 heavy (non-hydrogen) atoms. The van der Waals surface area contributed by atoms with Crippen molar-refractivity contribution in [2.75, 3.05) is 52.9 Å². The van der Waals surface area contributed by atoms with Crippen molar-refractivity contribution in [3.05, 3.63) is 34.9 Å². The van der Waals surface area contributed by atoms with Gasteiger partial charge in [0.15, 0.2) is 5.96 Å². The van der Waals surface area contributed by atoms with Gasteiger partial charge in [0.1, 0.15) is 0 Å². The van der Waals surface area contributed by atoms with Gasteiger partial charge in [0, 0.05) is 44.3 Å². The SMILES string of the molecule is CCNC(=NCC1CCCN(C)C1)N1CCN(Cc2ccc(Cl)cc2)C(=O)C1. The third-order valence-electron chi connectivity index (χ3n) is 5.46. The first-order chi connectivity index (χ1) is 13.5. The average molecular weight is 406 g/mol. The van der Waals surface area contributed by atoms with Gasteiger partial charge in [0.05, 0.1) is 6.54 Å². The number of carbonyl (C=O) groups excluding carboxylic acids is 1. The number of halogens is 1. The van der Waals surface area contributed by atoms with Crippen LogP contribution in [0.5, 0.6) is 0 Å². The fourth-order valence-electron chi connectivity index (χ4n) is 3.93. The summed E-state index contributed by atoms with van der Waals surface area (Å²) >= 11 is 5.95. The third-order valence-corrected chi connectivity index (χ3v) is 5.71. The first-order valence-electron chi connectivity index (χ1n) is 10.3. The summed E-state index contributed by atoms with van der Waals surface area (Å²) in [4.78, 5) is 24.0. The van der Waals surface area contributed by atoms with Crippen LogP contribution in [0.25, 0.3) is 0 Å². The second-order valence-electron chi connectivity index (χ2n) is 7.83. The van der Waals surface area contributed by atoms with Gasteiger partial charge in [0.2, 0.25) is 5.91 Å². The van der Waals surface area contributed by atoms with Gasteiger partial charge in [-0.15, -0.1) is 0 Å². The summed E-state index contributed by atoms with van der Waals surface area (Å²) in [5.41, 5.74) is 1.10. The number of rotatable bonds is 5. The molecule has 1 aromatic rings. The Bertz CT molecular complexity index is 678. The zero-order valence-corrected chi connectivity index (χ0v) is 17.8. The number of piperidine rings is 1. The highest BCUT2D eigenvalue weighted by Crippen LogP contribution is 2.16. The van der Waals surface area contributed by atoms with Gasteiger partial charge in [-0.1, -0.05) is 23.7 Å². The molecule has 6 nitrogen and oxygen atoms in total. The lowest BCUT2D eigenvalue weighted by Crippen LogP contribution is -2.55. The number of piperazine rings is 1. The maximum atomic E-state index is 12.7. The summed E-state index contributed by atoms with van der Waals surface area (Å²) in [5, 5.41) is 4.09. The first-order valence-corrected chi connectivity index (χ1v) is 10.7. The van der Waals surface area contributed by atoms with E-state index in [4.69, 9.17) is 16.6 Å². The fraction of sp³-hybridized carbons (Fsp3) is 0.619. The van der Waals surface area contributed by atoms with Crippen LogP contribution in [0.2, 0.25) is 5.02 Å². The van der Waals surface area contributed by atoms with Crippen LogP contribution >= 0.6 is 11.6 Å². The van der Waals surface area contributed by atoms with Crippen LogP contribution in [0.1, 0.15) is 25.3 Å². The summed E-state index contributed by atoms with van der Waals surface area (Å²) in [6, 6.07) is 7.70. The lowest BCUT2D eigenvalue weighted by molar-refractivity contribution is -0.135. The van der Waals surface area contributed by atoms with E-state index < -0.39 is 0 Å². The molecule has 2 heterocycles. The highest BCUT2D eigenvalue weighted by molar-refractivity contribution is 6.30. The van der Waals surface area contributed by atoms with Gasteiger partial charge >= 0.3 is 0 Å². The zero-order chi connectivity index (χ0) is 19.9. The Kier molecular flexibility index (Phi) is 7.57. The van der Waals surface area contributed by atoms with E-state index in [1.165, 1.54) is 19.4 Å². The van der Waals surface area contributed by atoms with Crippen molar-refractivity contribution in [1.29, 1.82) is 0 Å².